The molecule has 0 aliphatic heterocycles. The number of rotatable bonds is 6. The van der Waals surface area contributed by atoms with Crippen LogP contribution in [0.3, 0.4) is 0 Å². The predicted octanol–water partition coefficient (Wildman–Crippen LogP) is 2.84. The van der Waals surface area contributed by atoms with Gasteiger partial charge in [0.2, 0.25) is 0 Å². The van der Waals surface area contributed by atoms with E-state index in [1.54, 1.807) is 7.11 Å². The molecule has 0 saturated heterocycles. The number of amides is 2. The van der Waals surface area contributed by atoms with E-state index in [0.717, 1.165) is 22.6 Å². The van der Waals surface area contributed by atoms with Crippen molar-refractivity contribution in [3.8, 4) is 0 Å². The van der Waals surface area contributed by atoms with E-state index in [1.165, 1.54) is 0 Å². The minimum atomic E-state index is -0.228. The lowest BCUT2D eigenvalue weighted by atomic mass is 10.2. The van der Waals surface area contributed by atoms with Gasteiger partial charge in [0, 0.05) is 38.2 Å². The molecule has 0 aliphatic rings. The van der Waals surface area contributed by atoms with Gasteiger partial charge in [-0.1, -0.05) is 18.2 Å². The van der Waals surface area contributed by atoms with Crippen LogP contribution in [0.1, 0.15) is 11.3 Å². The van der Waals surface area contributed by atoms with Crippen LogP contribution in [0, 0.1) is 0 Å². The van der Waals surface area contributed by atoms with Crippen LogP contribution < -0.4 is 10.6 Å². The van der Waals surface area contributed by atoms with E-state index in [1.807, 2.05) is 59.3 Å². The smallest absolute Gasteiger partial charge is 0.319 e. The number of carbonyl (C=O) groups excluding carboxylic acids is 1. The quantitative estimate of drug-likeness (QED) is 0.732. The summed E-state index contributed by atoms with van der Waals surface area (Å²) in [6.45, 7) is 1.04. The molecule has 6 heteroatoms. The highest BCUT2D eigenvalue weighted by molar-refractivity contribution is 5.89. The van der Waals surface area contributed by atoms with Gasteiger partial charge in [0.15, 0.2) is 0 Å². The van der Waals surface area contributed by atoms with Crippen molar-refractivity contribution < 1.29 is 9.53 Å². The van der Waals surface area contributed by atoms with Gasteiger partial charge in [0.25, 0.3) is 0 Å². The highest BCUT2D eigenvalue weighted by Gasteiger charge is 2.04. The monoisotopic (exact) mass is 324 g/mol. The van der Waals surface area contributed by atoms with E-state index in [9.17, 15) is 4.79 Å². The van der Waals surface area contributed by atoms with E-state index in [0.29, 0.717) is 19.6 Å². The molecule has 24 heavy (non-hydrogen) atoms. The van der Waals surface area contributed by atoms with E-state index in [2.05, 4.69) is 15.6 Å². The van der Waals surface area contributed by atoms with Crippen LogP contribution in [0.25, 0.3) is 5.65 Å². The van der Waals surface area contributed by atoms with Crippen molar-refractivity contribution in [3.05, 3.63) is 66.1 Å². The number of benzene rings is 1. The summed E-state index contributed by atoms with van der Waals surface area (Å²) in [5, 5.41) is 5.67. The first-order chi connectivity index (χ1) is 11.7. The second kappa shape index (κ2) is 7.61. The Kier molecular flexibility index (Phi) is 5.08. The first-order valence-corrected chi connectivity index (χ1v) is 7.80. The number of carbonyl (C=O) groups is 1. The topological polar surface area (TPSA) is 67.7 Å². The Labute approximate surface area is 140 Å². The summed E-state index contributed by atoms with van der Waals surface area (Å²) in [5.41, 5.74) is 3.62. The summed E-state index contributed by atoms with van der Waals surface area (Å²) >= 11 is 0. The molecular weight excluding hydrogens is 304 g/mol. The first-order valence-electron chi connectivity index (χ1n) is 7.80. The molecule has 0 atom stereocenters. The molecule has 3 rings (SSSR count). The zero-order chi connectivity index (χ0) is 16.8. The van der Waals surface area contributed by atoms with Gasteiger partial charge < -0.3 is 19.8 Å². The average molecular weight is 324 g/mol. The molecule has 1 aromatic carbocycles. The molecule has 0 fully saturated rings. The van der Waals surface area contributed by atoms with Gasteiger partial charge in [-0.2, -0.15) is 0 Å². The second-order valence-electron chi connectivity index (χ2n) is 5.46. The van der Waals surface area contributed by atoms with Crippen molar-refractivity contribution in [3.63, 3.8) is 0 Å². The van der Waals surface area contributed by atoms with Crippen LogP contribution in [-0.2, 0) is 17.8 Å². The van der Waals surface area contributed by atoms with Crippen LogP contribution >= 0.6 is 0 Å². The zero-order valence-electron chi connectivity index (χ0n) is 13.5. The lowest BCUT2D eigenvalue weighted by Crippen LogP contribution is -2.30. The van der Waals surface area contributed by atoms with Crippen molar-refractivity contribution in [1.82, 2.24) is 14.7 Å². The van der Waals surface area contributed by atoms with Gasteiger partial charge in [-0.3, -0.25) is 0 Å². The summed E-state index contributed by atoms with van der Waals surface area (Å²) < 4.78 is 7.06. The highest BCUT2D eigenvalue weighted by Crippen LogP contribution is 2.11. The van der Waals surface area contributed by atoms with Crippen molar-refractivity contribution in [2.75, 3.05) is 19.0 Å². The van der Waals surface area contributed by atoms with Crippen molar-refractivity contribution in [2.45, 2.75) is 13.0 Å². The number of urea groups is 1. The van der Waals surface area contributed by atoms with Crippen molar-refractivity contribution in [1.29, 1.82) is 0 Å². The molecule has 0 aliphatic carbocycles. The third-order valence-electron chi connectivity index (χ3n) is 3.58. The van der Waals surface area contributed by atoms with Gasteiger partial charge in [-0.05, 0) is 29.8 Å². The van der Waals surface area contributed by atoms with Gasteiger partial charge in [-0.15, -0.1) is 0 Å². The molecule has 0 spiro atoms. The Morgan fingerprint density at radius 3 is 3.00 bits per heavy atom. The van der Waals surface area contributed by atoms with Crippen LogP contribution in [0.15, 0.2) is 54.9 Å². The number of pyridine rings is 1. The standard InChI is InChI=1S/C18H20N4O2/c1-24-13-14-5-4-6-15(11-14)21-18(23)19-9-8-16-12-22-10-3-2-7-17(22)20-16/h2-7,10-12H,8-9,13H2,1H3,(H2,19,21,23). The molecular formula is C18H20N4O2. The van der Waals surface area contributed by atoms with Crippen LogP contribution in [0.2, 0.25) is 0 Å². The maximum Gasteiger partial charge on any atom is 0.319 e. The Morgan fingerprint density at radius 1 is 1.25 bits per heavy atom. The Balaban J connectivity index is 1.49. The van der Waals surface area contributed by atoms with Crippen LogP contribution in [0.5, 0.6) is 0 Å². The molecule has 0 radical (unpaired) electrons. The number of hydrogen-bond donors (Lipinski definition) is 2. The molecule has 2 aromatic heterocycles. The van der Waals surface area contributed by atoms with Crippen molar-refractivity contribution >= 4 is 17.4 Å². The predicted molar refractivity (Wildman–Crippen MR) is 93.1 cm³/mol. The lowest BCUT2D eigenvalue weighted by molar-refractivity contribution is 0.185. The summed E-state index contributed by atoms with van der Waals surface area (Å²) in [6.07, 6.45) is 4.61. The van der Waals surface area contributed by atoms with E-state index >= 15 is 0 Å². The molecule has 124 valence electrons. The highest BCUT2D eigenvalue weighted by atomic mass is 16.5. The van der Waals surface area contributed by atoms with Crippen LogP contribution in [0.4, 0.5) is 10.5 Å². The van der Waals surface area contributed by atoms with E-state index in [4.69, 9.17) is 4.74 Å². The summed E-state index contributed by atoms with van der Waals surface area (Å²) in [6, 6.07) is 13.2. The Morgan fingerprint density at radius 2 is 2.17 bits per heavy atom. The molecule has 2 amide bonds. The number of nitrogens with zero attached hydrogens (tertiary/aromatic N) is 2. The maximum atomic E-state index is 12.0. The number of aromatic nitrogens is 2. The fourth-order valence-corrected chi connectivity index (χ4v) is 2.49. The maximum absolute atomic E-state index is 12.0. The number of hydrogen-bond acceptors (Lipinski definition) is 3. The number of anilines is 1. The molecule has 3 aromatic rings. The number of fused-ring (bicyclic) bond motifs is 1. The fraction of sp³-hybridized carbons (Fsp3) is 0.222. The molecule has 2 heterocycles. The molecule has 2 N–H and O–H groups in total. The van der Waals surface area contributed by atoms with E-state index in [-0.39, 0.29) is 6.03 Å². The fourth-order valence-electron chi connectivity index (χ4n) is 2.49. The molecule has 0 saturated carbocycles. The second-order valence-corrected chi connectivity index (χ2v) is 5.46. The molecule has 6 nitrogen and oxygen atoms in total. The normalized spacial score (nSPS) is 10.7. The lowest BCUT2D eigenvalue weighted by Gasteiger charge is -2.08. The largest absolute Gasteiger partial charge is 0.380 e. The molecule has 0 bridgehead atoms. The number of ether oxygens (including phenoxy) is 1. The third kappa shape index (κ3) is 4.11. The van der Waals surface area contributed by atoms with Gasteiger partial charge in [-0.25, -0.2) is 9.78 Å². The first kappa shape index (κ1) is 16.0. The van der Waals surface area contributed by atoms with Gasteiger partial charge in [0.1, 0.15) is 5.65 Å². The summed E-state index contributed by atoms with van der Waals surface area (Å²) in [5.74, 6) is 0. The number of imidazole rings is 1. The average Bonchev–Trinajstić information content (AvgIpc) is 2.98. The zero-order valence-corrected chi connectivity index (χ0v) is 13.5. The van der Waals surface area contributed by atoms with Crippen LogP contribution in [-0.4, -0.2) is 29.1 Å². The third-order valence-corrected chi connectivity index (χ3v) is 3.58. The Bertz CT molecular complexity index is 796. The van der Waals surface area contributed by atoms with E-state index < -0.39 is 0 Å². The minimum Gasteiger partial charge on any atom is -0.380 e. The van der Waals surface area contributed by atoms with Gasteiger partial charge >= 0.3 is 6.03 Å². The Hall–Kier alpha value is -2.86. The van der Waals surface area contributed by atoms with Gasteiger partial charge in [0.05, 0.1) is 12.3 Å². The SMILES string of the molecule is COCc1cccc(NC(=O)NCCc2cn3ccccc3n2)c1. The van der Waals surface area contributed by atoms with Crippen molar-refractivity contribution in [2.24, 2.45) is 0 Å². The minimum absolute atomic E-state index is 0.228. The number of methoxy groups -OCH3 is 1. The summed E-state index contributed by atoms with van der Waals surface area (Å²) in [4.78, 5) is 16.5. The molecule has 0 unspecified atom stereocenters. The number of nitrogens with one attached hydrogen (secondary N) is 2. The summed E-state index contributed by atoms with van der Waals surface area (Å²) in [7, 11) is 1.64.